The van der Waals surface area contributed by atoms with Gasteiger partial charge in [0.25, 0.3) is 0 Å². The summed E-state index contributed by atoms with van der Waals surface area (Å²) in [7, 11) is 0. The zero-order valence-electron chi connectivity index (χ0n) is 14.6. The summed E-state index contributed by atoms with van der Waals surface area (Å²) in [6, 6.07) is 12.9. The highest BCUT2D eigenvalue weighted by molar-refractivity contribution is 6.01. The van der Waals surface area contributed by atoms with Crippen LogP contribution in [0.1, 0.15) is 44.9 Å². The molecule has 0 aromatic heterocycles. The van der Waals surface area contributed by atoms with E-state index in [2.05, 4.69) is 46.4 Å². The van der Waals surface area contributed by atoms with Crippen LogP contribution in [0.3, 0.4) is 0 Å². The first kappa shape index (κ1) is 15.8. The van der Waals surface area contributed by atoms with E-state index in [1.807, 2.05) is 0 Å². The standard InChI is InChI=1S/C21H29N3/c22-20-12-13-21(19-11-5-4-10-18(19)20)24-15-7-6-14-23(24)16-17-8-2-1-3-9-17/h4-5,10-13,17H,1-3,6-9,14-16,22H2. The van der Waals surface area contributed by atoms with Crippen LogP contribution >= 0.6 is 0 Å². The number of hydrogen-bond donors (Lipinski definition) is 1. The van der Waals surface area contributed by atoms with Gasteiger partial charge in [-0.05, 0) is 43.7 Å². The molecule has 2 aromatic rings. The number of nitrogens with two attached hydrogens (primary N) is 1. The number of rotatable bonds is 3. The van der Waals surface area contributed by atoms with Gasteiger partial charge in [-0.2, -0.15) is 0 Å². The van der Waals surface area contributed by atoms with E-state index < -0.39 is 0 Å². The first-order valence-electron chi connectivity index (χ1n) is 9.62. The van der Waals surface area contributed by atoms with Crippen LogP contribution in [0.25, 0.3) is 10.8 Å². The fourth-order valence-corrected chi connectivity index (χ4v) is 4.48. The van der Waals surface area contributed by atoms with Crippen LogP contribution in [-0.2, 0) is 0 Å². The number of nitrogens with zero attached hydrogens (tertiary/aromatic N) is 2. The van der Waals surface area contributed by atoms with Crippen molar-refractivity contribution in [1.29, 1.82) is 0 Å². The van der Waals surface area contributed by atoms with Crippen molar-refractivity contribution in [2.45, 2.75) is 44.9 Å². The summed E-state index contributed by atoms with van der Waals surface area (Å²) >= 11 is 0. The molecule has 0 atom stereocenters. The van der Waals surface area contributed by atoms with Crippen LogP contribution in [0, 0.1) is 5.92 Å². The van der Waals surface area contributed by atoms with Gasteiger partial charge in [-0.25, -0.2) is 5.01 Å². The van der Waals surface area contributed by atoms with Crippen LogP contribution in [-0.4, -0.2) is 24.6 Å². The molecule has 3 nitrogen and oxygen atoms in total. The third-order valence-corrected chi connectivity index (χ3v) is 5.78. The maximum atomic E-state index is 6.21. The van der Waals surface area contributed by atoms with Crippen LogP contribution in [0.4, 0.5) is 11.4 Å². The average molecular weight is 323 g/mol. The van der Waals surface area contributed by atoms with Crippen LogP contribution in [0.15, 0.2) is 36.4 Å². The van der Waals surface area contributed by atoms with Crippen molar-refractivity contribution in [3.8, 4) is 0 Å². The summed E-state index contributed by atoms with van der Waals surface area (Å²) in [4.78, 5) is 0. The summed E-state index contributed by atoms with van der Waals surface area (Å²) in [5, 5.41) is 7.63. The molecule has 2 aromatic carbocycles. The molecule has 128 valence electrons. The SMILES string of the molecule is Nc1ccc(N2CCCCN2CC2CCCCC2)c2ccccc12. The van der Waals surface area contributed by atoms with Gasteiger partial charge < -0.3 is 10.7 Å². The Morgan fingerprint density at radius 3 is 2.42 bits per heavy atom. The molecular formula is C21H29N3. The number of benzene rings is 2. The zero-order chi connectivity index (χ0) is 16.4. The number of nitrogen functional groups attached to an aromatic ring is 1. The fraction of sp³-hybridized carbons (Fsp3) is 0.524. The van der Waals surface area contributed by atoms with Crippen molar-refractivity contribution in [2.24, 2.45) is 5.92 Å². The molecule has 0 unspecified atom stereocenters. The molecule has 2 N–H and O–H groups in total. The first-order valence-corrected chi connectivity index (χ1v) is 9.62. The van der Waals surface area contributed by atoms with Crippen LogP contribution < -0.4 is 10.7 Å². The number of hydrogen-bond acceptors (Lipinski definition) is 3. The Kier molecular flexibility index (Phi) is 4.61. The van der Waals surface area contributed by atoms with Crippen molar-refractivity contribution in [3.63, 3.8) is 0 Å². The molecule has 1 saturated heterocycles. The van der Waals surface area contributed by atoms with Gasteiger partial charge in [-0.15, -0.1) is 0 Å². The highest BCUT2D eigenvalue weighted by Crippen LogP contribution is 2.34. The lowest BCUT2D eigenvalue weighted by Gasteiger charge is -2.43. The normalized spacial score (nSPS) is 20.6. The summed E-state index contributed by atoms with van der Waals surface area (Å²) in [5.74, 6) is 0.874. The summed E-state index contributed by atoms with van der Waals surface area (Å²) in [5.41, 5.74) is 8.42. The minimum absolute atomic E-state index is 0.874. The molecule has 1 saturated carbocycles. The molecule has 0 amide bonds. The lowest BCUT2D eigenvalue weighted by atomic mass is 9.89. The molecule has 2 aliphatic rings. The summed E-state index contributed by atoms with van der Waals surface area (Å²) in [6.45, 7) is 3.54. The average Bonchev–Trinajstić information content (AvgIpc) is 2.64. The van der Waals surface area contributed by atoms with E-state index in [-0.39, 0.29) is 0 Å². The second kappa shape index (κ2) is 7.02. The number of anilines is 2. The Balaban J connectivity index is 1.64. The molecule has 1 heterocycles. The monoisotopic (exact) mass is 323 g/mol. The van der Waals surface area contributed by atoms with Crippen molar-refractivity contribution in [1.82, 2.24) is 5.01 Å². The molecule has 1 aliphatic heterocycles. The molecular weight excluding hydrogens is 294 g/mol. The van der Waals surface area contributed by atoms with E-state index >= 15 is 0 Å². The van der Waals surface area contributed by atoms with Crippen molar-refractivity contribution < 1.29 is 0 Å². The Morgan fingerprint density at radius 1 is 0.833 bits per heavy atom. The third-order valence-electron chi connectivity index (χ3n) is 5.78. The first-order chi connectivity index (χ1) is 11.8. The topological polar surface area (TPSA) is 32.5 Å². The predicted molar refractivity (Wildman–Crippen MR) is 103 cm³/mol. The Bertz CT molecular complexity index is 691. The molecule has 0 spiro atoms. The molecule has 0 bridgehead atoms. The van der Waals surface area contributed by atoms with E-state index in [0.29, 0.717) is 0 Å². The van der Waals surface area contributed by atoms with Gasteiger partial charge in [0.2, 0.25) is 0 Å². The molecule has 24 heavy (non-hydrogen) atoms. The van der Waals surface area contributed by atoms with E-state index in [9.17, 15) is 0 Å². The quantitative estimate of drug-likeness (QED) is 0.822. The van der Waals surface area contributed by atoms with Crippen LogP contribution in [0.5, 0.6) is 0 Å². The number of hydrazine groups is 1. The third kappa shape index (κ3) is 3.10. The van der Waals surface area contributed by atoms with Gasteiger partial charge in [0.05, 0.1) is 5.69 Å². The molecule has 0 radical (unpaired) electrons. The molecule has 1 aliphatic carbocycles. The van der Waals surface area contributed by atoms with Crippen molar-refractivity contribution in [2.75, 3.05) is 30.4 Å². The fourth-order valence-electron chi connectivity index (χ4n) is 4.48. The van der Waals surface area contributed by atoms with E-state index in [1.54, 1.807) is 0 Å². The van der Waals surface area contributed by atoms with Crippen molar-refractivity contribution in [3.05, 3.63) is 36.4 Å². The predicted octanol–water partition coefficient (Wildman–Crippen LogP) is 4.82. The molecule has 4 rings (SSSR count). The van der Waals surface area contributed by atoms with E-state index in [0.717, 1.165) is 18.2 Å². The van der Waals surface area contributed by atoms with Gasteiger partial charge >= 0.3 is 0 Å². The smallest absolute Gasteiger partial charge is 0.0602 e. The zero-order valence-corrected chi connectivity index (χ0v) is 14.6. The van der Waals surface area contributed by atoms with Gasteiger partial charge in [0.1, 0.15) is 0 Å². The Labute approximate surface area is 145 Å². The number of fused-ring (bicyclic) bond motifs is 1. The van der Waals surface area contributed by atoms with Crippen LogP contribution in [0.2, 0.25) is 0 Å². The maximum Gasteiger partial charge on any atom is 0.0602 e. The molecule has 2 fully saturated rings. The second-order valence-electron chi connectivity index (χ2n) is 7.47. The lowest BCUT2D eigenvalue weighted by molar-refractivity contribution is 0.162. The molecule has 3 heteroatoms. The summed E-state index contributed by atoms with van der Waals surface area (Å²) < 4.78 is 0. The van der Waals surface area contributed by atoms with E-state index in [1.165, 1.54) is 74.5 Å². The van der Waals surface area contributed by atoms with Gasteiger partial charge in [-0.1, -0.05) is 43.5 Å². The van der Waals surface area contributed by atoms with E-state index in [4.69, 9.17) is 5.73 Å². The lowest BCUT2D eigenvalue weighted by Crippen LogP contribution is -2.49. The maximum absolute atomic E-state index is 6.21. The van der Waals surface area contributed by atoms with Gasteiger partial charge in [0.15, 0.2) is 0 Å². The van der Waals surface area contributed by atoms with Gasteiger partial charge in [0, 0.05) is 36.1 Å². The summed E-state index contributed by atoms with van der Waals surface area (Å²) in [6.07, 6.45) is 9.69. The largest absolute Gasteiger partial charge is 0.398 e. The second-order valence-corrected chi connectivity index (χ2v) is 7.47. The van der Waals surface area contributed by atoms with Crippen molar-refractivity contribution >= 4 is 22.1 Å². The highest BCUT2D eigenvalue weighted by atomic mass is 15.6. The van der Waals surface area contributed by atoms with Gasteiger partial charge in [-0.3, -0.25) is 0 Å². The Morgan fingerprint density at radius 2 is 1.58 bits per heavy atom. The highest BCUT2D eigenvalue weighted by Gasteiger charge is 2.25. The minimum atomic E-state index is 0.874. The minimum Gasteiger partial charge on any atom is -0.398 e. The Hall–Kier alpha value is -1.74.